The molecule has 1 aromatic carbocycles. The van der Waals surface area contributed by atoms with Crippen molar-refractivity contribution in [3.63, 3.8) is 0 Å². The van der Waals surface area contributed by atoms with Crippen LogP contribution in [0.15, 0.2) is 24.3 Å². The fourth-order valence-electron chi connectivity index (χ4n) is 1.19. The molecule has 1 rings (SSSR count). The normalized spacial score (nSPS) is 12.8. The van der Waals surface area contributed by atoms with E-state index in [4.69, 9.17) is 4.74 Å². The number of hydrogen-bond acceptors (Lipinski definition) is 2. The predicted molar refractivity (Wildman–Crippen MR) is 48.0 cm³/mol. The summed E-state index contributed by atoms with van der Waals surface area (Å²) in [5.74, 6) is -0.276. The first-order valence-electron chi connectivity index (χ1n) is 4.14. The standard InChI is InChI=1S/C10H13FO2/c1-13-7-10(12)6-8-3-2-4-9(11)5-8/h2-5,10,12H,6-7H2,1H3. The second-order valence-electron chi connectivity index (χ2n) is 2.94. The maximum atomic E-state index is 12.7. The molecule has 0 radical (unpaired) electrons. The average Bonchev–Trinajstić information content (AvgIpc) is 2.04. The molecule has 0 fully saturated rings. The van der Waals surface area contributed by atoms with E-state index in [1.807, 2.05) is 0 Å². The molecule has 1 aromatic rings. The molecule has 0 heterocycles. The van der Waals surface area contributed by atoms with Crippen molar-refractivity contribution in [2.24, 2.45) is 0 Å². The monoisotopic (exact) mass is 184 g/mol. The highest BCUT2D eigenvalue weighted by molar-refractivity contribution is 5.16. The average molecular weight is 184 g/mol. The Morgan fingerprint density at radius 1 is 1.54 bits per heavy atom. The molecule has 72 valence electrons. The van der Waals surface area contributed by atoms with Crippen molar-refractivity contribution >= 4 is 0 Å². The summed E-state index contributed by atoms with van der Waals surface area (Å²) in [7, 11) is 1.52. The van der Waals surface area contributed by atoms with Crippen LogP contribution in [0.4, 0.5) is 4.39 Å². The Labute approximate surface area is 77.0 Å². The molecule has 1 unspecified atom stereocenters. The lowest BCUT2D eigenvalue weighted by Crippen LogP contribution is -2.16. The zero-order valence-electron chi connectivity index (χ0n) is 7.53. The van der Waals surface area contributed by atoms with Crippen LogP contribution in [0.2, 0.25) is 0 Å². The van der Waals surface area contributed by atoms with Gasteiger partial charge in [0.2, 0.25) is 0 Å². The highest BCUT2D eigenvalue weighted by atomic mass is 19.1. The Bertz CT molecular complexity index is 263. The molecule has 0 aromatic heterocycles. The number of methoxy groups -OCH3 is 1. The van der Waals surface area contributed by atoms with Gasteiger partial charge in [-0.3, -0.25) is 0 Å². The molecule has 0 amide bonds. The lowest BCUT2D eigenvalue weighted by atomic mass is 10.1. The van der Waals surface area contributed by atoms with Gasteiger partial charge in [-0.2, -0.15) is 0 Å². The molecule has 2 nitrogen and oxygen atoms in total. The number of aliphatic hydroxyl groups excluding tert-OH is 1. The van der Waals surface area contributed by atoms with Crippen LogP contribution in [0, 0.1) is 5.82 Å². The number of hydrogen-bond donors (Lipinski definition) is 1. The van der Waals surface area contributed by atoms with Crippen LogP contribution in [-0.2, 0) is 11.2 Å². The first kappa shape index (κ1) is 10.2. The number of benzene rings is 1. The molecule has 13 heavy (non-hydrogen) atoms. The van der Waals surface area contributed by atoms with Crippen molar-refractivity contribution in [3.8, 4) is 0 Å². The van der Waals surface area contributed by atoms with Gasteiger partial charge >= 0.3 is 0 Å². The lowest BCUT2D eigenvalue weighted by molar-refractivity contribution is 0.0650. The van der Waals surface area contributed by atoms with Crippen LogP contribution >= 0.6 is 0 Å². The molecule has 0 aliphatic rings. The van der Waals surface area contributed by atoms with Gasteiger partial charge < -0.3 is 9.84 Å². The highest BCUT2D eigenvalue weighted by Crippen LogP contribution is 2.06. The van der Waals surface area contributed by atoms with E-state index >= 15 is 0 Å². The van der Waals surface area contributed by atoms with Gasteiger partial charge in [-0.15, -0.1) is 0 Å². The topological polar surface area (TPSA) is 29.5 Å². The number of halogens is 1. The van der Waals surface area contributed by atoms with Crippen molar-refractivity contribution in [1.29, 1.82) is 0 Å². The lowest BCUT2D eigenvalue weighted by Gasteiger charge is -2.08. The zero-order chi connectivity index (χ0) is 9.68. The summed E-state index contributed by atoms with van der Waals surface area (Å²) < 4.78 is 17.5. The van der Waals surface area contributed by atoms with Gasteiger partial charge in [-0.1, -0.05) is 12.1 Å². The molecule has 0 spiro atoms. The molecule has 0 saturated carbocycles. The fraction of sp³-hybridized carbons (Fsp3) is 0.400. The first-order valence-corrected chi connectivity index (χ1v) is 4.14. The third-order valence-electron chi connectivity index (χ3n) is 1.72. The molecule has 0 aliphatic carbocycles. The minimum Gasteiger partial charge on any atom is -0.390 e. The minimum absolute atomic E-state index is 0.274. The summed E-state index contributed by atoms with van der Waals surface area (Å²) in [5, 5.41) is 9.35. The van der Waals surface area contributed by atoms with Crippen LogP contribution in [0.3, 0.4) is 0 Å². The van der Waals surface area contributed by atoms with E-state index in [2.05, 4.69) is 0 Å². The van der Waals surface area contributed by atoms with E-state index in [1.165, 1.54) is 19.2 Å². The Hall–Kier alpha value is -0.930. The van der Waals surface area contributed by atoms with Crippen molar-refractivity contribution in [3.05, 3.63) is 35.6 Å². The van der Waals surface area contributed by atoms with E-state index in [0.717, 1.165) is 5.56 Å². The van der Waals surface area contributed by atoms with Crippen LogP contribution in [-0.4, -0.2) is 24.9 Å². The Morgan fingerprint density at radius 3 is 2.92 bits per heavy atom. The summed E-state index contributed by atoms with van der Waals surface area (Å²) in [5.41, 5.74) is 0.782. The largest absolute Gasteiger partial charge is 0.390 e. The van der Waals surface area contributed by atoms with Crippen LogP contribution in [0.25, 0.3) is 0 Å². The molecule has 0 saturated heterocycles. The van der Waals surface area contributed by atoms with Crippen molar-refractivity contribution < 1.29 is 14.2 Å². The van der Waals surface area contributed by atoms with Gasteiger partial charge in [-0.05, 0) is 17.7 Å². The second-order valence-corrected chi connectivity index (χ2v) is 2.94. The molecular formula is C10H13FO2. The van der Waals surface area contributed by atoms with Gasteiger partial charge in [0, 0.05) is 13.5 Å². The summed E-state index contributed by atoms with van der Waals surface area (Å²) in [6, 6.07) is 6.21. The van der Waals surface area contributed by atoms with Gasteiger partial charge in [0.05, 0.1) is 12.7 Å². The van der Waals surface area contributed by atoms with Crippen molar-refractivity contribution in [1.82, 2.24) is 0 Å². The summed E-state index contributed by atoms with van der Waals surface area (Å²) in [6.45, 7) is 0.274. The SMILES string of the molecule is COCC(O)Cc1cccc(F)c1. The van der Waals surface area contributed by atoms with Crippen LogP contribution in [0.5, 0.6) is 0 Å². The van der Waals surface area contributed by atoms with E-state index in [0.29, 0.717) is 6.42 Å². The molecule has 0 aliphatic heterocycles. The zero-order valence-corrected chi connectivity index (χ0v) is 7.53. The summed E-state index contributed by atoms with van der Waals surface area (Å²) >= 11 is 0. The Balaban J connectivity index is 2.53. The third-order valence-corrected chi connectivity index (χ3v) is 1.72. The van der Waals surface area contributed by atoms with Crippen molar-refractivity contribution in [2.45, 2.75) is 12.5 Å². The quantitative estimate of drug-likeness (QED) is 0.766. The maximum Gasteiger partial charge on any atom is 0.123 e. The van der Waals surface area contributed by atoms with Gasteiger partial charge in [0.15, 0.2) is 0 Å². The molecular weight excluding hydrogens is 171 g/mol. The summed E-state index contributed by atoms with van der Waals surface area (Å²) in [6.07, 6.45) is -0.141. The van der Waals surface area contributed by atoms with Gasteiger partial charge in [0.1, 0.15) is 5.82 Å². The predicted octanol–water partition coefficient (Wildman–Crippen LogP) is 1.38. The molecule has 1 N–H and O–H groups in total. The van der Waals surface area contributed by atoms with Gasteiger partial charge in [-0.25, -0.2) is 4.39 Å². The molecule has 3 heteroatoms. The highest BCUT2D eigenvalue weighted by Gasteiger charge is 2.04. The fourth-order valence-corrected chi connectivity index (χ4v) is 1.19. The first-order chi connectivity index (χ1) is 6.22. The number of rotatable bonds is 4. The summed E-state index contributed by atoms with van der Waals surface area (Å²) in [4.78, 5) is 0. The van der Waals surface area contributed by atoms with E-state index in [1.54, 1.807) is 12.1 Å². The van der Waals surface area contributed by atoms with Crippen LogP contribution in [0.1, 0.15) is 5.56 Å². The Morgan fingerprint density at radius 2 is 2.31 bits per heavy atom. The second kappa shape index (κ2) is 4.94. The Kier molecular flexibility index (Phi) is 3.86. The van der Waals surface area contributed by atoms with E-state index < -0.39 is 6.10 Å². The maximum absolute atomic E-state index is 12.7. The number of aliphatic hydroxyl groups is 1. The minimum atomic E-state index is -0.563. The molecule has 1 atom stereocenters. The number of ether oxygens (including phenoxy) is 1. The van der Waals surface area contributed by atoms with Crippen LogP contribution < -0.4 is 0 Å². The van der Waals surface area contributed by atoms with E-state index in [9.17, 15) is 9.50 Å². The third kappa shape index (κ3) is 3.53. The van der Waals surface area contributed by atoms with Gasteiger partial charge in [0.25, 0.3) is 0 Å². The smallest absolute Gasteiger partial charge is 0.123 e. The molecule has 0 bridgehead atoms. The van der Waals surface area contributed by atoms with E-state index in [-0.39, 0.29) is 12.4 Å². The van der Waals surface area contributed by atoms with Crippen molar-refractivity contribution in [2.75, 3.05) is 13.7 Å².